The smallest absolute Gasteiger partial charge is 0.341 e. The van der Waals surface area contributed by atoms with Gasteiger partial charge in [-0.1, -0.05) is 13.0 Å². The maximum absolute atomic E-state index is 12.4. The molecule has 1 amide bonds. The average Bonchev–Trinajstić information content (AvgIpc) is 2.89. The fourth-order valence-corrected chi connectivity index (χ4v) is 3.48. The second kappa shape index (κ2) is 7.28. The number of carbonyl (C=O) groups is 2. The van der Waals surface area contributed by atoms with Crippen LogP contribution in [0.3, 0.4) is 0 Å². The largest absolute Gasteiger partial charge is 0.497 e. The van der Waals surface area contributed by atoms with Crippen molar-refractivity contribution in [2.24, 2.45) is 0 Å². The van der Waals surface area contributed by atoms with Crippen LogP contribution in [0.15, 0.2) is 24.3 Å². The van der Waals surface area contributed by atoms with Crippen molar-refractivity contribution in [3.05, 3.63) is 45.8 Å². The van der Waals surface area contributed by atoms with E-state index in [2.05, 4.69) is 5.32 Å². The Labute approximate surface area is 139 Å². The Morgan fingerprint density at radius 1 is 1.26 bits per heavy atom. The second-order valence-corrected chi connectivity index (χ2v) is 6.10. The molecule has 1 aromatic carbocycles. The Morgan fingerprint density at radius 3 is 2.61 bits per heavy atom. The normalized spacial score (nSPS) is 10.3. The SMILES string of the molecule is CCc1c(C)sc(NC(=O)c2cccc(OC)c2)c1C(=O)OC. The highest BCUT2D eigenvalue weighted by Crippen LogP contribution is 2.34. The first-order valence-electron chi connectivity index (χ1n) is 7.17. The number of benzene rings is 1. The van der Waals surface area contributed by atoms with Crippen molar-refractivity contribution in [1.29, 1.82) is 0 Å². The van der Waals surface area contributed by atoms with Gasteiger partial charge in [-0.3, -0.25) is 4.79 Å². The van der Waals surface area contributed by atoms with Crippen molar-refractivity contribution in [2.75, 3.05) is 19.5 Å². The van der Waals surface area contributed by atoms with Gasteiger partial charge in [0, 0.05) is 10.4 Å². The van der Waals surface area contributed by atoms with Crippen LogP contribution >= 0.6 is 11.3 Å². The first kappa shape index (κ1) is 17.0. The van der Waals surface area contributed by atoms with E-state index in [1.54, 1.807) is 31.4 Å². The molecule has 0 aliphatic heterocycles. The highest BCUT2D eigenvalue weighted by Gasteiger charge is 2.23. The molecule has 1 N–H and O–H groups in total. The molecular formula is C17H19NO4S. The van der Waals surface area contributed by atoms with Crippen molar-refractivity contribution in [1.82, 2.24) is 0 Å². The molecule has 0 aliphatic rings. The van der Waals surface area contributed by atoms with E-state index in [-0.39, 0.29) is 5.91 Å². The number of nitrogens with one attached hydrogen (secondary N) is 1. The molecule has 2 rings (SSSR count). The minimum absolute atomic E-state index is 0.294. The minimum atomic E-state index is -0.438. The van der Waals surface area contributed by atoms with Crippen LogP contribution in [0.1, 0.15) is 38.1 Å². The first-order chi connectivity index (χ1) is 11.0. The van der Waals surface area contributed by atoms with Gasteiger partial charge in [0.1, 0.15) is 10.8 Å². The van der Waals surface area contributed by atoms with Gasteiger partial charge in [0.25, 0.3) is 5.91 Å². The second-order valence-electron chi connectivity index (χ2n) is 4.87. The van der Waals surface area contributed by atoms with E-state index in [9.17, 15) is 9.59 Å². The van der Waals surface area contributed by atoms with Crippen LogP contribution in [-0.2, 0) is 11.2 Å². The molecule has 0 spiro atoms. The van der Waals surface area contributed by atoms with Crippen LogP contribution in [0.2, 0.25) is 0 Å². The quantitative estimate of drug-likeness (QED) is 0.848. The molecule has 0 atom stereocenters. The van der Waals surface area contributed by atoms with E-state index in [1.807, 2.05) is 13.8 Å². The van der Waals surface area contributed by atoms with E-state index in [1.165, 1.54) is 18.4 Å². The van der Waals surface area contributed by atoms with Crippen LogP contribution in [-0.4, -0.2) is 26.1 Å². The zero-order chi connectivity index (χ0) is 17.0. The molecule has 0 radical (unpaired) electrons. The molecule has 0 saturated heterocycles. The molecule has 6 heteroatoms. The highest BCUT2D eigenvalue weighted by molar-refractivity contribution is 7.16. The monoisotopic (exact) mass is 333 g/mol. The third kappa shape index (κ3) is 3.53. The van der Waals surface area contributed by atoms with Gasteiger partial charge in [-0.05, 0) is 37.1 Å². The lowest BCUT2D eigenvalue weighted by molar-refractivity contribution is 0.0601. The Bertz CT molecular complexity index is 736. The number of esters is 1. The third-order valence-electron chi connectivity index (χ3n) is 3.51. The molecular weight excluding hydrogens is 314 g/mol. The molecule has 5 nitrogen and oxygen atoms in total. The van der Waals surface area contributed by atoms with Crippen LogP contribution in [0.5, 0.6) is 5.75 Å². The summed E-state index contributed by atoms with van der Waals surface area (Å²) in [5.41, 5.74) is 1.81. The molecule has 0 aliphatic carbocycles. The van der Waals surface area contributed by atoms with Crippen molar-refractivity contribution >= 4 is 28.2 Å². The Morgan fingerprint density at radius 2 is 2.00 bits per heavy atom. The van der Waals surface area contributed by atoms with Gasteiger partial charge in [-0.15, -0.1) is 11.3 Å². The number of carbonyl (C=O) groups excluding carboxylic acids is 2. The van der Waals surface area contributed by atoms with Gasteiger partial charge in [0.2, 0.25) is 0 Å². The number of hydrogen-bond donors (Lipinski definition) is 1. The topological polar surface area (TPSA) is 64.6 Å². The van der Waals surface area contributed by atoms with Crippen LogP contribution in [0, 0.1) is 6.92 Å². The van der Waals surface area contributed by atoms with E-state index in [4.69, 9.17) is 9.47 Å². The summed E-state index contributed by atoms with van der Waals surface area (Å²) in [6.07, 6.45) is 0.696. The molecule has 0 unspecified atom stereocenters. The van der Waals surface area contributed by atoms with Crippen molar-refractivity contribution < 1.29 is 19.1 Å². The molecule has 1 heterocycles. The molecule has 122 valence electrons. The standard InChI is InChI=1S/C17H19NO4S/c1-5-13-10(2)23-16(14(13)17(20)22-4)18-15(19)11-7-6-8-12(9-11)21-3/h6-9H,5H2,1-4H3,(H,18,19). The van der Waals surface area contributed by atoms with Crippen LogP contribution < -0.4 is 10.1 Å². The molecule has 23 heavy (non-hydrogen) atoms. The zero-order valence-corrected chi connectivity index (χ0v) is 14.4. The summed E-state index contributed by atoms with van der Waals surface area (Å²) in [5.74, 6) is -0.132. The average molecular weight is 333 g/mol. The molecule has 0 fully saturated rings. The Hall–Kier alpha value is -2.34. The van der Waals surface area contributed by atoms with Crippen LogP contribution in [0.25, 0.3) is 0 Å². The summed E-state index contributed by atoms with van der Waals surface area (Å²) in [5, 5.41) is 3.33. The zero-order valence-electron chi connectivity index (χ0n) is 13.6. The number of thiophene rings is 1. The highest BCUT2D eigenvalue weighted by atomic mass is 32.1. The van der Waals surface area contributed by atoms with Crippen molar-refractivity contribution in [2.45, 2.75) is 20.3 Å². The van der Waals surface area contributed by atoms with Crippen molar-refractivity contribution in [3.8, 4) is 5.75 Å². The van der Waals surface area contributed by atoms with Gasteiger partial charge >= 0.3 is 5.97 Å². The number of rotatable bonds is 5. The van der Waals surface area contributed by atoms with E-state index < -0.39 is 5.97 Å². The van der Waals surface area contributed by atoms with E-state index in [0.29, 0.717) is 28.3 Å². The predicted molar refractivity (Wildman–Crippen MR) is 90.7 cm³/mol. The Kier molecular flexibility index (Phi) is 5.39. The predicted octanol–water partition coefficient (Wildman–Crippen LogP) is 3.67. The summed E-state index contributed by atoms with van der Waals surface area (Å²) >= 11 is 1.38. The van der Waals surface area contributed by atoms with E-state index in [0.717, 1.165) is 10.4 Å². The molecule has 0 saturated carbocycles. The fraction of sp³-hybridized carbons (Fsp3) is 0.294. The molecule has 0 bridgehead atoms. The van der Waals surface area contributed by atoms with Crippen LogP contribution in [0.4, 0.5) is 5.00 Å². The third-order valence-corrected chi connectivity index (χ3v) is 4.57. The summed E-state index contributed by atoms with van der Waals surface area (Å²) in [6.45, 7) is 3.90. The van der Waals surface area contributed by atoms with Crippen molar-refractivity contribution in [3.63, 3.8) is 0 Å². The number of ether oxygens (including phenoxy) is 2. The number of aryl methyl sites for hydroxylation is 1. The summed E-state index contributed by atoms with van der Waals surface area (Å²) in [6, 6.07) is 6.85. The minimum Gasteiger partial charge on any atom is -0.497 e. The lowest BCUT2D eigenvalue weighted by atomic mass is 10.1. The fourth-order valence-electron chi connectivity index (χ4n) is 2.35. The van der Waals surface area contributed by atoms with Gasteiger partial charge < -0.3 is 14.8 Å². The van der Waals surface area contributed by atoms with Gasteiger partial charge in [-0.2, -0.15) is 0 Å². The molecule has 1 aromatic heterocycles. The lowest BCUT2D eigenvalue weighted by Gasteiger charge is -2.08. The van der Waals surface area contributed by atoms with Gasteiger partial charge in [0.05, 0.1) is 19.8 Å². The first-order valence-corrected chi connectivity index (χ1v) is 7.99. The number of methoxy groups -OCH3 is 2. The van der Waals surface area contributed by atoms with Gasteiger partial charge in [-0.25, -0.2) is 4.79 Å². The maximum Gasteiger partial charge on any atom is 0.341 e. The van der Waals surface area contributed by atoms with Gasteiger partial charge in [0.15, 0.2) is 0 Å². The number of anilines is 1. The maximum atomic E-state index is 12.4. The summed E-state index contributed by atoms with van der Waals surface area (Å²) in [7, 11) is 2.88. The number of hydrogen-bond acceptors (Lipinski definition) is 5. The summed E-state index contributed by atoms with van der Waals surface area (Å²) in [4.78, 5) is 25.5. The Balaban J connectivity index is 2.35. The van der Waals surface area contributed by atoms with E-state index >= 15 is 0 Å². The summed E-state index contributed by atoms with van der Waals surface area (Å²) < 4.78 is 9.98. The lowest BCUT2D eigenvalue weighted by Crippen LogP contribution is -2.14. The molecule has 2 aromatic rings. The number of amides is 1.